The van der Waals surface area contributed by atoms with Crippen LogP contribution in [0.1, 0.15) is 37.1 Å². The number of rotatable bonds is 1. The van der Waals surface area contributed by atoms with Gasteiger partial charge in [0.2, 0.25) is 0 Å². The molecule has 0 saturated carbocycles. The number of esters is 1. The lowest BCUT2D eigenvalue weighted by Crippen LogP contribution is -2.43. The van der Waals surface area contributed by atoms with E-state index in [4.69, 9.17) is 14.2 Å². The molecule has 5 heteroatoms. The van der Waals surface area contributed by atoms with Crippen LogP contribution >= 0.6 is 0 Å². The van der Waals surface area contributed by atoms with Gasteiger partial charge >= 0.3 is 5.97 Å². The Balaban J connectivity index is 1.56. The summed E-state index contributed by atoms with van der Waals surface area (Å²) in [6, 6.07) is 20.7. The second kappa shape index (κ2) is 5.66. The van der Waals surface area contributed by atoms with Gasteiger partial charge in [-0.2, -0.15) is 0 Å². The normalized spacial score (nSPS) is 26.8. The fourth-order valence-corrected chi connectivity index (χ4v) is 5.02. The summed E-state index contributed by atoms with van der Waals surface area (Å²) in [5, 5.41) is 1.18. The van der Waals surface area contributed by atoms with E-state index in [1.165, 1.54) is 10.9 Å². The van der Waals surface area contributed by atoms with Gasteiger partial charge in [0.25, 0.3) is 11.7 Å². The maximum absolute atomic E-state index is 13.0. The zero-order valence-electron chi connectivity index (χ0n) is 16.3. The van der Waals surface area contributed by atoms with Gasteiger partial charge in [0.1, 0.15) is 11.7 Å². The highest BCUT2D eigenvalue weighted by atomic mass is 16.8. The molecule has 6 rings (SSSR count). The van der Waals surface area contributed by atoms with Gasteiger partial charge in [-0.15, -0.1) is 0 Å². The van der Waals surface area contributed by atoms with Crippen molar-refractivity contribution in [2.45, 2.75) is 38.2 Å². The molecule has 146 valence electrons. The molecule has 3 aliphatic heterocycles. The van der Waals surface area contributed by atoms with E-state index in [-0.39, 0.29) is 23.9 Å². The molecule has 0 amide bonds. The summed E-state index contributed by atoms with van der Waals surface area (Å²) in [6.07, 6.45) is -0.194. The Bertz CT molecular complexity index is 1170. The van der Waals surface area contributed by atoms with Crippen LogP contribution in [0.15, 0.2) is 72.2 Å². The van der Waals surface area contributed by atoms with E-state index in [0.29, 0.717) is 11.5 Å². The average molecular weight is 387 g/mol. The van der Waals surface area contributed by atoms with Crippen LogP contribution in [0, 0.1) is 5.92 Å². The smallest absolute Gasteiger partial charge is 0.345 e. The van der Waals surface area contributed by atoms with E-state index in [2.05, 4.69) is 34.9 Å². The van der Waals surface area contributed by atoms with E-state index < -0.39 is 5.79 Å². The molecule has 1 unspecified atom stereocenters. The number of aromatic nitrogens is 1. The number of para-hydroxylation sites is 1. The maximum Gasteiger partial charge on any atom is 0.345 e. The Morgan fingerprint density at radius 2 is 1.76 bits per heavy atom. The largest absolute Gasteiger partial charge is 0.456 e. The van der Waals surface area contributed by atoms with Gasteiger partial charge in [0.15, 0.2) is 0 Å². The minimum Gasteiger partial charge on any atom is -0.456 e. The first-order valence-electron chi connectivity index (χ1n) is 9.98. The summed E-state index contributed by atoms with van der Waals surface area (Å²) < 4.78 is 20.2. The Morgan fingerprint density at radius 3 is 2.59 bits per heavy atom. The molecule has 3 aromatic rings. The van der Waals surface area contributed by atoms with Gasteiger partial charge in [-0.05, 0) is 23.1 Å². The Labute approximate surface area is 168 Å². The first-order valence-corrected chi connectivity index (χ1v) is 9.98. The number of cyclic esters (lactones) is 1. The number of fused-ring (bicyclic) bond motifs is 6. The Morgan fingerprint density at radius 1 is 1.00 bits per heavy atom. The molecule has 0 aliphatic carbocycles. The van der Waals surface area contributed by atoms with E-state index in [0.717, 1.165) is 17.8 Å². The number of hydrogen-bond donors (Lipinski definition) is 0. The van der Waals surface area contributed by atoms with Crippen molar-refractivity contribution >= 4 is 16.9 Å². The monoisotopic (exact) mass is 387 g/mol. The molecule has 0 fully saturated rings. The van der Waals surface area contributed by atoms with Crippen molar-refractivity contribution in [1.29, 1.82) is 0 Å². The molecule has 0 radical (unpaired) electrons. The highest BCUT2D eigenvalue weighted by Crippen LogP contribution is 2.55. The van der Waals surface area contributed by atoms with Gasteiger partial charge in [-0.1, -0.05) is 48.5 Å². The van der Waals surface area contributed by atoms with Gasteiger partial charge in [-0.3, -0.25) is 0 Å². The van der Waals surface area contributed by atoms with Crippen LogP contribution in [0.4, 0.5) is 0 Å². The molecule has 2 aromatic carbocycles. The molecule has 4 heterocycles. The molecule has 0 N–H and O–H groups in total. The van der Waals surface area contributed by atoms with E-state index in [1.54, 1.807) is 13.8 Å². The summed E-state index contributed by atoms with van der Waals surface area (Å²) in [4.78, 5) is 13.0. The zero-order valence-corrected chi connectivity index (χ0v) is 16.3. The summed E-state index contributed by atoms with van der Waals surface area (Å²) in [5.41, 5.74) is 3.89. The topological polar surface area (TPSA) is 49.7 Å². The van der Waals surface area contributed by atoms with Crippen molar-refractivity contribution in [3.63, 3.8) is 0 Å². The predicted molar refractivity (Wildman–Crippen MR) is 107 cm³/mol. The van der Waals surface area contributed by atoms with Crippen LogP contribution in [0.2, 0.25) is 0 Å². The molecule has 3 aliphatic rings. The van der Waals surface area contributed by atoms with E-state index >= 15 is 0 Å². The quantitative estimate of drug-likeness (QED) is 0.571. The van der Waals surface area contributed by atoms with Crippen LogP contribution in [-0.4, -0.2) is 16.3 Å². The SMILES string of the molecule is CC1(C)OC(=O)C2=C(OC(c3ccccc3)[C@@H]3Cn4c(cc5ccccc54)[C@H]23)O1. The molecule has 3 atom stereocenters. The van der Waals surface area contributed by atoms with Gasteiger partial charge in [-0.25, -0.2) is 4.79 Å². The molecule has 1 aromatic heterocycles. The second-order valence-corrected chi connectivity index (χ2v) is 8.42. The molecule has 0 spiro atoms. The standard InChI is InChI=1S/C24H21NO4/c1-24(2)28-22(26)20-19-16(13-25-17-11-7-6-10-15(17)12-18(19)25)21(27-23(20)29-24)14-8-4-3-5-9-14/h3-12,16,19,21H,13H2,1-2H3/t16-,19-,21?/m1/s1. The minimum absolute atomic E-state index is 0.0909. The predicted octanol–water partition coefficient (Wildman–Crippen LogP) is 4.65. The van der Waals surface area contributed by atoms with E-state index in [9.17, 15) is 4.79 Å². The van der Waals surface area contributed by atoms with Crippen molar-refractivity contribution in [2.75, 3.05) is 0 Å². The number of carbonyl (C=O) groups is 1. The Kier molecular flexibility index (Phi) is 3.26. The third-order valence-electron chi connectivity index (χ3n) is 6.16. The fourth-order valence-electron chi connectivity index (χ4n) is 5.02. The summed E-state index contributed by atoms with van der Waals surface area (Å²) in [6.45, 7) is 4.24. The molecule has 0 saturated heterocycles. The van der Waals surface area contributed by atoms with Crippen LogP contribution < -0.4 is 0 Å². The molecule has 29 heavy (non-hydrogen) atoms. The number of nitrogens with zero attached hydrogens (tertiary/aromatic N) is 1. The molecular formula is C24H21NO4. The van der Waals surface area contributed by atoms with Crippen LogP contribution in [0.5, 0.6) is 0 Å². The first-order chi connectivity index (χ1) is 14.0. The second-order valence-electron chi connectivity index (χ2n) is 8.42. The fraction of sp³-hybridized carbons (Fsp3) is 0.292. The van der Waals surface area contributed by atoms with Crippen LogP contribution in [-0.2, 0) is 25.5 Å². The lowest BCUT2D eigenvalue weighted by atomic mass is 9.78. The molecular weight excluding hydrogens is 366 g/mol. The summed E-state index contributed by atoms with van der Waals surface area (Å²) >= 11 is 0. The van der Waals surface area contributed by atoms with Gasteiger partial charge < -0.3 is 18.8 Å². The number of hydrogen-bond acceptors (Lipinski definition) is 4. The van der Waals surface area contributed by atoms with Crippen molar-refractivity contribution in [3.05, 3.63) is 83.4 Å². The van der Waals surface area contributed by atoms with Crippen molar-refractivity contribution < 1.29 is 19.0 Å². The number of benzene rings is 2. The van der Waals surface area contributed by atoms with Crippen molar-refractivity contribution in [2.24, 2.45) is 5.92 Å². The third-order valence-corrected chi connectivity index (χ3v) is 6.16. The molecule has 0 bridgehead atoms. The summed E-state index contributed by atoms with van der Waals surface area (Å²) in [7, 11) is 0. The van der Waals surface area contributed by atoms with Crippen molar-refractivity contribution in [1.82, 2.24) is 4.57 Å². The first kappa shape index (κ1) is 16.7. The average Bonchev–Trinajstić information content (AvgIpc) is 3.23. The third kappa shape index (κ3) is 2.36. The number of ether oxygens (including phenoxy) is 3. The van der Waals surface area contributed by atoms with Gasteiger partial charge in [0, 0.05) is 43.4 Å². The highest BCUT2D eigenvalue weighted by Gasteiger charge is 2.53. The zero-order chi connectivity index (χ0) is 19.8. The summed E-state index contributed by atoms with van der Waals surface area (Å²) in [5.74, 6) is -1.13. The number of carbonyl (C=O) groups excluding carboxylic acids is 1. The Hall–Kier alpha value is -3.21. The minimum atomic E-state index is -1.05. The lowest BCUT2D eigenvalue weighted by molar-refractivity contribution is -0.239. The van der Waals surface area contributed by atoms with Crippen molar-refractivity contribution in [3.8, 4) is 0 Å². The van der Waals surface area contributed by atoms with Crippen LogP contribution in [0.25, 0.3) is 10.9 Å². The lowest BCUT2D eigenvalue weighted by Gasteiger charge is -2.41. The van der Waals surface area contributed by atoms with Gasteiger partial charge in [0.05, 0.1) is 0 Å². The maximum atomic E-state index is 13.0. The van der Waals surface area contributed by atoms with E-state index in [1.807, 2.05) is 30.3 Å². The molecule has 5 nitrogen and oxygen atoms in total. The van der Waals surface area contributed by atoms with Crippen LogP contribution in [0.3, 0.4) is 0 Å². The highest BCUT2D eigenvalue weighted by molar-refractivity contribution is 5.93.